The Morgan fingerprint density at radius 2 is 2.00 bits per heavy atom. The van der Waals surface area contributed by atoms with Crippen molar-refractivity contribution in [1.29, 1.82) is 0 Å². The number of aromatic amines is 1. The maximum absolute atomic E-state index is 4.82. The van der Waals surface area contributed by atoms with E-state index in [1.807, 2.05) is 43.7 Å². The van der Waals surface area contributed by atoms with Crippen LogP contribution < -0.4 is 5.32 Å². The van der Waals surface area contributed by atoms with E-state index in [4.69, 9.17) is 4.98 Å². The lowest BCUT2D eigenvalue weighted by Crippen LogP contribution is -2.13. The van der Waals surface area contributed by atoms with Crippen molar-refractivity contribution in [2.45, 2.75) is 6.54 Å². The Bertz CT molecular complexity index is 1230. The average molecular weight is 354 g/mol. The molecule has 0 radical (unpaired) electrons. The number of aromatic nitrogens is 5. The molecule has 2 N–H and O–H groups in total. The van der Waals surface area contributed by atoms with Gasteiger partial charge in [-0.2, -0.15) is 0 Å². The Morgan fingerprint density at radius 3 is 2.85 bits per heavy atom. The summed E-state index contributed by atoms with van der Waals surface area (Å²) in [6.07, 6.45) is 3.66. The molecule has 0 spiro atoms. The molecule has 5 aromatic rings. The molecule has 0 saturated carbocycles. The maximum Gasteiger partial charge on any atom is 0.173 e. The van der Waals surface area contributed by atoms with Crippen LogP contribution in [0, 0.1) is 0 Å². The van der Waals surface area contributed by atoms with Crippen molar-refractivity contribution in [3.8, 4) is 11.3 Å². The molecule has 0 fully saturated rings. The Kier molecular flexibility index (Phi) is 3.60. The van der Waals surface area contributed by atoms with Gasteiger partial charge in [-0.05, 0) is 48.0 Å². The van der Waals surface area contributed by atoms with E-state index in [9.17, 15) is 0 Å². The van der Waals surface area contributed by atoms with Crippen LogP contribution in [0.5, 0.6) is 0 Å². The summed E-state index contributed by atoms with van der Waals surface area (Å²) in [5, 5.41) is 7.52. The fraction of sp³-hybridized carbons (Fsp3) is 0.0952. The number of benzene rings is 1. The number of nitrogens with one attached hydrogen (secondary N) is 2. The van der Waals surface area contributed by atoms with Crippen LogP contribution in [0.2, 0.25) is 0 Å². The SMILES string of the molecule is CNc1ccc(-c2ccc3[nH]n(Cc4ccc5ncccc5c4)c3n2)cn1. The van der Waals surface area contributed by atoms with Gasteiger partial charge in [0.15, 0.2) is 5.65 Å². The highest BCUT2D eigenvalue weighted by Crippen LogP contribution is 2.23. The van der Waals surface area contributed by atoms with Gasteiger partial charge in [0, 0.05) is 30.4 Å². The number of H-pyrrole nitrogens is 1. The standard InChI is InChI=1S/C21H18N6/c1-22-20-9-5-16(12-24-20)18-7-8-19-21(25-18)27(26-19)13-14-4-6-17-15(11-14)3-2-10-23-17/h2-12,26H,13H2,1H3,(H,22,24). The second-order valence-corrected chi connectivity index (χ2v) is 6.48. The molecule has 4 aromatic heterocycles. The van der Waals surface area contributed by atoms with Gasteiger partial charge >= 0.3 is 0 Å². The van der Waals surface area contributed by atoms with Crippen molar-refractivity contribution >= 4 is 27.9 Å². The summed E-state index contributed by atoms with van der Waals surface area (Å²) >= 11 is 0. The van der Waals surface area contributed by atoms with Gasteiger partial charge in [0.1, 0.15) is 5.82 Å². The molecule has 0 saturated heterocycles. The van der Waals surface area contributed by atoms with Crippen molar-refractivity contribution in [1.82, 2.24) is 24.7 Å². The second kappa shape index (κ2) is 6.25. The zero-order valence-electron chi connectivity index (χ0n) is 14.8. The molecule has 0 amide bonds. The predicted octanol–water partition coefficient (Wildman–Crippen LogP) is 4.06. The minimum absolute atomic E-state index is 0.741. The summed E-state index contributed by atoms with van der Waals surface area (Å²) in [6.45, 7) is 0.741. The van der Waals surface area contributed by atoms with Gasteiger partial charge in [-0.25, -0.2) is 9.97 Å². The first-order valence-corrected chi connectivity index (χ1v) is 8.83. The monoisotopic (exact) mass is 354 g/mol. The molecule has 6 heteroatoms. The van der Waals surface area contributed by atoms with Gasteiger partial charge < -0.3 is 5.32 Å². The van der Waals surface area contributed by atoms with E-state index in [2.05, 4.69) is 55.4 Å². The number of pyridine rings is 3. The molecule has 0 unspecified atom stereocenters. The van der Waals surface area contributed by atoms with Gasteiger partial charge in [0.2, 0.25) is 0 Å². The normalized spacial score (nSPS) is 11.3. The quantitative estimate of drug-likeness (QED) is 0.510. The summed E-state index contributed by atoms with van der Waals surface area (Å²) in [5.74, 6) is 0.844. The average Bonchev–Trinajstić information content (AvgIpc) is 2.72. The third-order valence-corrected chi connectivity index (χ3v) is 4.71. The maximum atomic E-state index is 4.82. The highest BCUT2D eigenvalue weighted by molar-refractivity contribution is 5.79. The van der Waals surface area contributed by atoms with E-state index in [0.29, 0.717) is 0 Å². The van der Waals surface area contributed by atoms with Crippen molar-refractivity contribution in [3.05, 3.63) is 72.6 Å². The van der Waals surface area contributed by atoms with Gasteiger partial charge in [-0.15, -0.1) is 0 Å². The Labute approximate surface area is 155 Å². The van der Waals surface area contributed by atoms with Gasteiger partial charge in [0.05, 0.1) is 23.3 Å². The summed E-state index contributed by atoms with van der Waals surface area (Å²) in [6, 6.07) is 18.4. The molecule has 132 valence electrons. The molecule has 27 heavy (non-hydrogen) atoms. The lowest BCUT2D eigenvalue weighted by atomic mass is 10.1. The third-order valence-electron chi connectivity index (χ3n) is 4.71. The zero-order valence-corrected chi connectivity index (χ0v) is 14.8. The molecule has 0 atom stereocenters. The lowest BCUT2D eigenvalue weighted by Gasteiger charge is -2.17. The van der Waals surface area contributed by atoms with E-state index in [-0.39, 0.29) is 0 Å². The number of nitrogens with zero attached hydrogens (tertiary/aromatic N) is 4. The summed E-state index contributed by atoms with van der Waals surface area (Å²) < 4.78 is 2.06. The Morgan fingerprint density at radius 1 is 1.04 bits per heavy atom. The van der Waals surface area contributed by atoms with Crippen LogP contribution in [-0.4, -0.2) is 31.8 Å². The smallest absolute Gasteiger partial charge is 0.173 e. The summed E-state index contributed by atoms with van der Waals surface area (Å²) in [5.41, 5.74) is 6.13. The number of fused-ring (bicyclic) bond motifs is 2. The topological polar surface area (TPSA) is 71.4 Å². The lowest BCUT2D eigenvalue weighted by molar-refractivity contribution is 0.674. The van der Waals surface area contributed by atoms with Gasteiger partial charge in [-0.3, -0.25) is 14.8 Å². The van der Waals surface area contributed by atoms with Crippen LogP contribution in [-0.2, 0) is 6.54 Å². The van der Waals surface area contributed by atoms with Gasteiger partial charge in [0.25, 0.3) is 0 Å². The largest absolute Gasteiger partial charge is 0.373 e. The molecule has 6 nitrogen and oxygen atoms in total. The number of hydrogen-bond acceptors (Lipinski definition) is 4. The second-order valence-electron chi connectivity index (χ2n) is 6.48. The molecule has 0 aliphatic rings. The van der Waals surface area contributed by atoms with E-state index >= 15 is 0 Å². The number of hydrogen-bond donors (Lipinski definition) is 2. The molecule has 5 rings (SSSR count). The molecule has 0 bridgehead atoms. The highest BCUT2D eigenvalue weighted by atomic mass is 15.3. The van der Waals surface area contributed by atoms with Crippen LogP contribution in [0.15, 0.2) is 67.0 Å². The molecule has 0 aliphatic heterocycles. The molecular formula is C21H18N6. The number of anilines is 1. The first-order chi connectivity index (χ1) is 13.3. The van der Waals surface area contributed by atoms with Crippen molar-refractivity contribution in [2.75, 3.05) is 12.4 Å². The Balaban J connectivity index is 1.46. The van der Waals surface area contributed by atoms with E-state index in [0.717, 1.165) is 45.7 Å². The predicted molar refractivity (Wildman–Crippen MR) is 108 cm³/mol. The Hall–Kier alpha value is -3.67. The van der Waals surface area contributed by atoms with Crippen molar-refractivity contribution in [2.24, 2.45) is 0 Å². The van der Waals surface area contributed by atoms with Crippen LogP contribution in [0.1, 0.15) is 5.56 Å². The fourth-order valence-corrected chi connectivity index (χ4v) is 3.26. The van der Waals surface area contributed by atoms with Crippen LogP contribution in [0.25, 0.3) is 33.3 Å². The minimum atomic E-state index is 0.741. The van der Waals surface area contributed by atoms with Gasteiger partial charge in [-0.1, -0.05) is 12.1 Å². The number of rotatable bonds is 4. The van der Waals surface area contributed by atoms with E-state index in [1.54, 1.807) is 0 Å². The molecule has 4 heterocycles. The molecule has 0 aliphatic carbocycles. The first-order valence-electron chi connectivity index (χ1n) is 8.83. The summed E-state index contributed by atoms with van der Waals surface area (Å²) in [4.78, 5) is 13.6. The van der Waals surface area contributed by atoms with E-state index in [1.165, 1.54) is 5.56 Å². The minimum Gasteiger partial charge on any atom is -0.373 e. The van der Waals surface area contributed by atoms with Crippen LogP contribution >= 0.6 is 0 Å². The fourth-order valence-electron chi connectivity index (χ4n) is 3.26. The van der Waals surface area contributed by atoms with Crippen molar-refractivity contribution < 1.29 is 0 Å². The first kappa shape index (κ1) is 15.6. The summed E-state index contributed by atoms with van der Waals surface area (Å²) in [7, 11) is 1.86. The van der Waals surface area contributed by atoms with Crippen LogP contribution in [0.4, 0.5) is 5.82 Å². The zero-order chi connectivity index (χ0) is 18.2. The molecular weight excluding hydrogens is 336 g/mol. The van der Waals surface area contributed by atoms with Crippen LogP contribution in [0.3, 0.4) is 0 Å². The van der Waals surface area contributed by atoms with Crippen molar-refractivity contribution in [3.63, 3.8) is 0 Å². The van der Waals surface area contributed by atoms with E-state index < -0.39 is 0 Å². The third kappa shape index (κ3) is 2.81. The molecule has 1 aromatic carbocycles. The highest BCUT2D eigenvalue weighted by Gasteiger charge is 2.10.